The monoisotopic (exact) mass is 351 g/mol. The smallest absolute Gasteiger partial charge is 0.262 e. The molecule has 6 heteroatoms. The normalized spacial score (nSPS) is 10.2. The van der Waals surface area contributed by atoms with Crippen molar-refractivity contribution in [1.82, 2.24) is 9.97 Å². The molecule has 0 unspecified atom stereocenters. The molecule has 0 saturated carbocycles. The first-order chi connectivity index (χ1) is 12.3. The van der Waals surface area contributed by atoms with E-state index in [9.17, 15) is 4.79 Å². The molecule has 5 nitrogen and oxygen atoms in total. The van der Waals surface area contributed by atoms with Crippen LogP contribution in [0.25, 0.3) is 0 Å². The Kier molecular flexibility index (Phi) is 6.01. The fraction of sp³-hybridized carbons (Fsp3) is 0.105. The molecule has 2 aromatic heterocycles. The Labute approximate surface area is 150 Å². The van der Waals surface area contributed by atoms with Gasteiger partial charge in [0.1, 0.15) is 10.8 Å². The molecule has 0 fully saturated rings. The minimum atomic E-state index is -0.225. The maximum absolute atomic E-state index is 12.1. The summed E-state index contributed by atoms with van der Waals surface area (Å²) in [7, 11) is 0. The van der Waals surface area contributed by atoms with Gasteiger partial charge in [-0.05, 0) is 36.4 Å². The van der Waals surface area contributed by atoms with Gasteiger partial charge < -0.3 is 10.1 Å². The van der Waals surface area contributed by atoms with Crippen molar-refractivity contribution in [2.45, 2.75) is 10.8 Å². The summed E-state index contributed by atoms with van der Waals surface area (Å²) in [6.07, 6.45) is 3.47. The highest BCUT2D eigenvalue weighted by Gasteiger charge is 2.09. The van der Waals surface area contributed by atoms with Crippen LogP contribution in [0.2, 0.25) is 0 Å². The van der Waals surface area contributed by atoms with E-state index in [-0.39, 0.29) is 12.5 Å². The number of amides is 1. The molecule has 1 N–H and O–H groups in total. The molecule has 2 heterocycles. The van der Waals surface area contributed by atoms with Crippen molar-refractivity contribution >= 4 is 23.4 Å². The molecule has 25 heavy (non-hydrogen) atoms. The van der Waals surface area contributed by atoms with Crippen LogP contribution < -0.4 is 10.1 Å². The molecule has 1 aromatic carbocycles. The van der Waals surface area contributed by atoms with Crippen LogP contribution in [-0.2, 0) is 10.5 Å². The summed E-state index contributed by atoms with van der Waals surface area (Å²) in [5.74, 6) is 1.12. The van der Waals surface area contributed by atoms with Crippen molar-refractivity contribution in [3.05, 3.63) is 78.8 Å². The third-order valence-electron chi connectivity index (χ3n) is 3.24. The summed E-state index contributed by atoms with van der Waals surface area (Å²) in [4.78, 5) is 20.8. The van der Waals surface area contributed by atoms with Crippen molar-refractivity contribution in [3.8, 4) is 5.75 Å². The van der Waals surface area contributed by atoms with Crippen LogP contribution in [0.5, 0.6) is 5.75 Å². The maximum Gasteiger partial charge on any atom is 0.262 e. The molecule has 0 atom stereocenters. The van der Waals surface area contributed by atoms with Gasteiger partial charge in [0.2, 0.25) is 0 Å². The minimum Gasteiger partial charge on any atom is -0.484 e. The average Bonchev–Trinajstić information content (AvgIpc) is 2.67. The lowest BCUT2D eigenvalue weighted by molar-refractivity contribution is -0.118. The summed E-state index contributed by atoms with van der Waals surface area (Å²) in [5.41, 5.74) is 1.63. The summed E-state index contributed by atoms with van der Waals surface area (Å²) in [6, 6.07) is 18.7. The predicted octanol–water partition coefficient (Wildman–Crippen LogP) is 3.79. The van der Waals surface area contributed by atoms with E-state index in [1.54, 1.807) is 18.5 Å². The summed E-state index contributed by atoms with van der Waals surface area (Å²) < 4.78 is 5.46. The van der Waals surface area contributed by atoms with E-state index in [1.165, 1.54) is 11.8 Å². The molecule has 3 aromatic rings. The third-order valence-corrected chi connectivity index (χ3v) is 4.28. The molecule has 0 radical (unpaired) electrons. The number of para-hydroxylation sites is 1. The van der Waals surface area contributed by atoms with Crippen LogP contribution >= 0.6 is 11.8 Å². The summed E-state index contributed by atoms with van der Waals surface area (Å²) >= 11 is 1.53. The van der Waals surface area contributed by atoms with Gasteiger partial charge in [0, 0.05) is 18.1 Å². The third kappa shape index (κ3) is 5.32. The largest absolute Gasteiger partial charge is 0.484 e. The molecule has 126 valence electrons. The van der Waals surface area contributed by atoms with Crippen molar-refractivity contribution in [2.24, 2.45) is 0 Å². The number of ether oxygens (including phenoxy) is 1. The van der Waals surface area contributed by atoms with Gasteiger partial charge in [0.05, 0.1) is 11.4 Å². The second-order valence-corrected chi connectivity index (χ2v) is 6.08. The van der Waals surface area contributed by atoms with Crippen LogP contribution in [0, 0.1) is 0 Å². The Morgan fingerprint density at radius 1 is 0.960 bits per heavy atom. The fourth-order valence-electron chi connectivity index (χ4n) is 2.08. The van der Waals surface area contributed by atoms with Crippen LogP contribution in [0.4, 0.5) is 5.69 Å². The van der Waals surface area contributed by atoms with Gasteiger partial charge in [0.25, 0.3) is 5.91 Å². The van der Waals surface area contributed by atoms with Crippen molar-refractivity contribution in [1.29, 1.82) is 0 Å². The van der Waals surface area contributed by atoms with Gasteiger partial charge in [-0.2, -0.15) is 0 Å². The zero-order chi connectivity index (χ0) is 17.3. The minimum absolute atomic E-state index is 0.0523. The van der Waals surface area contributed by atoms with Crippen LogP contribution in [0.1, 0.15) is 5.69 Å². The van der Waals surface area contributed by atoms with Gasteiger partial charge >= 0.3 is 0 Å². The highest BCUT2D eigenvalue weighted by molar-refractivity contribution is 7.98. The van der Waals surface area contributed by atoms with Crippen molar-refractivity contribution in [3.63, 3.8) is 0 Å². The number of anilines is 1. The molecular weight excluding hydrogens is 334 g/mol. The van der Waals surface area contributed by atoms with E-state index in [2.05, 4.69) is 15.3 Å². The SMILES string of the molecule is O=C(COc1ccccc1)Nc1cccnc1SCc1ccccn1. The Hall–Kier alpha value is -2.86. The van der Waals surface area contributed by atoms with Gasteiger partial charge in [-0.15, -0.1) is 0 Å². The molecule has 3 rings (SSSR count). The van der Waals surface area contributed by atoms with E-state index in [4.69, 9.17) is 4.74 Å². The first kappa shape index (κ1) is 17.0. The number of hydrogen-bond acceptors (Lipinski definition) is 5. The number of carbonyl (C=O) groups excluding carboxylic acids is 1. The highest BCUT2D eigenvalue weighted by Crippen LogP contribution is 2.27. The summed E-state index contributed by atoms with van der Waals surface area (Å²) in [5, 5.41) is 3.60. The Morgan fingerprint density at radius 2 is 1.76 bits per heavy atom. The number of rotatable bonds is 7. The zero-order valence-electron chi connectivity index (χ0n) is 13.5. The molecular formula is C19H17N3O2S. The Balaban J connectivity index is 1.57. The Bertz CT molecular complexity index is 813. The Morgan fingerprint density at radius 3 is 2.56 bits per heavy atom. The second-order valence-electron chi connectivity index (χ2n) is 5.12. The van der Waals surface area contributed by atoms with Crippen LogP contribution in [0.3, 0.4) is 0 Å². The maximum atomic E-state index is 12.1. The topological polar surface area (TPSA) is 64.1 Å². The molecule has 0 aliphatic carbocycles. The quantitative estimate of drug-likeness (QED) is 0.656. The molecule has 0 spiro atoms. The standard InChI is InChI=1S/C19H17N3O2S/c23-18(13-24-16-8-2-1-3-9-16)22-17-10-6-12-21-19(17)25-14-15-7-4-5-11-20-15/h1-12H,13-14H2,(H,22,23). The lowest BCUT2D eigenvalue weighted by atomic mass is 10.3. The van der Waals surface area contributed by atoms with Crippen LogP contribution in [-0.4, -0.2) is 22.5 Å². The zero-order valence-corrected chi connectivity index (χ0v) is 14.3. The first-order valence-corrected chi connectivity index (χ1v) is 8.75. The molecule has 0 aliphatic heterocycles. The number of nitrogens with zero attached hydrogens (tertiary/aromatic N) is 2. The van der Waals surface area contributed by atoms with Gasteiger partial charge in [-0.3, -0.25) is 9.78 Å². The van der Waals surface area contributed by atoms with Crippen LogP contribution in [0.15, 0.2) is 78.1 Å². The van der Waals surface area contributed by atoms with Gasteiger partial charge in [-0.1, -0.05) is 36.0 Å². The lowest BCUT2D eigenvalue weighted by Crippen LogP contribution is -2.20. The fourth-order valence-corrected chi connectivity index (χ4v) is 2.94. The van der Waals surface area contributed by atoms with Crippen molar-refractivity contribution < 1.29 is 9.53 Å². The molecule has 0 aliphatic rings. The number of nitrogens with one attached hydrogen (secondary N) is 1. The average molecular weight is 351 g/mol. The van der Waals surface area contributed by atoms with Gasteiger partial charge in [0.15, 0.2) is 6.61 Å². The highest BCUT2D eigenvalue weighted by atomic mass is 32.2. The number of hydrogen-bond donors (Lipinski definition) is 1. The summed E-state index contributed by atoms with van der Waals surface area (Å²) in [6.45, 7) is -0.0523. The van der Waals surface area contributed by atoms with Crippen molar-refractivity contribution in [2.75, 3.05) is 11.9 Å². The number of thioether (sulfide) groups is 1. The van der Waals surface area contributed by atoms with E-state index < -0.39 is 0 Å². The number of aromatic nitrogens is 2. The molecule has 0 saturated heterocycles. The lowest BCUT2D eigenvalue weighted by Gasteiger charge is -2.10. The van der Waals surface area contributed by atoms with E-state index in [0.717, 1.165) is 10.7 Å². The number of pyridine rings is 2. The second kappa shape index (κ2) is 8.84. The first-order valence-electron chi connectivity index (χ1n) is 7.77. The van der Waals surface area contributed by atoms with E-state index in [1.807, 2.05) is 54.6 Å². The molecule has 1 amide bonds. The molecule has 0 bridgehead atoms. The number of benzene rings is 1. The predicted molar refractivity (Wildman–Crippen MR) is 98.6 cm³/mol. The van der Waals surface area contributed by atoms with Gasteiger partial charge in [-0.25, -0.2) is 4.98 Å². The number of carbonyl (C=O) groups is 1. The van der Waals surface area contributed by atoms with E-state index >= 15 is 0 Å². The van der Waals surface area contributed by atoms with E-state index in [0.29, 0.717) is 17.2 Å².